The molecule has 0 aromatic carbocycles. The lowest BCUT2D eigenvalue weighted by atomic mass is 9.62. The average Bonchev–Trinajstić information content (AvgIpc) is 3.40. The Hall–Kier alpha value is -0.779. The number of ether oxygens (including phenoxy) is 1. The van der Waals surface area contributed by atoms with Gasteiger partial charge in [-0.1, -0.05) is 99.1 Å². The lowest BCUT2D eigenvalue weighted by molar-refractivity contribution is -0.154. The second kappa shape index (κ2) is 17.4. The first-order valence-electron chi connectivity index (χ1n) is 21.5. The van der Waals surface area contributed by atoms with Gasteiger partial charge in [0, 0.05) is 12.3 Å². The van der Waals surface area contributed by atoms with Crippen molar-refractivity contribution in [2.24, 2.45) is 17.3 Å². The number of esters is 1. The van der Waals surface area contributed by atoms with E-state index in [1.807, 2.05) is 0 Å². The SMILES string of the molecule is C=C1[C@H](O[Si](C)(C)C(C)(C)C)CC(=CC=C2CCC[C@]3(C)[C@@H]([C@H](C)OC(=O)CCC(C)(C)O[Si](CC)(CC)CC)CC[C@@H]23)C[C@H]1O[Si](C)(C)C(C)(C)C. The summed E-state index contributed by atoms with van der Waals surface area (Å²) < 4.78 is 27.3. The van der Waals surface area contributed by atoms with Crippen LogP contribution in [-0.4, -0.2) is 54.8 Å². The summed E-state index contributed by atoms with van der Waals surface area (Å²) in [6.07, 6.45) is 13.5. The molecule has 3 fully saturated rings. The number of allylic oxidation sites excluding steroid dienone is 3. The molecule has 3 aliphatic rings. The van der Waals surface area contributed by atoms with Gasteiger partial charge in [-0.15, -0.1) is 0 Å². The van der Waals surface area contributed by atoms with Crippen LogP contribution >= 0.6 is 0 Å². The van der Waals surface area contributed by atoms with Crippen LogP contribution in [0.25, 0.3) is 0 Å². The van der Waals surface area contributed by atoms with Crippen molar-refractivity contribution in [3.63, 3.8) is 0 Å². The van der Waals surface area contributed by atoms with Crippen LogP contribution in [0.15, 0.2) is 35.5 Å². The quantitative estimate of drug-likeness (QED) is 0.0940. The molecule has 0 aromatic heterocycles. The molecule has 0 heterocycles. The molecule has 3 rings (SSSR count). The average molecular weight is 789 g/mol. The molecule has 53 heavy (non-hydrogen) atoms. The van der Waals surface area contributed by atoms with Gasteiger partial charge < -0.3 is 18.0 Å². The summed E-state index contributed by atoms with van der Waals surface area (Å²) in [6, 6.07) is 3.36. The summed E-state index contributed by atoms with van der Waals surface area (Å²) in [4.78, 5) is 13.3. The largest absolute Gasteiger partial charge is 0.462 e. The van der Waals surface area contributed by atoms with E-state index in [2.05, 4.69) is 135 Å². The Balaban J connectivity index is 1.78. The van der Waals surface area contributed by atoms with Crippen molar-refractivity contribution in [2.45, 2.75) is 226 Å². The van der Waals surface area contributed by atoms with Gasteiger partial charge in [-0.25, -0.2) is 0 Å². The highest BCUT2D eigenvalue weighted by molar-refractivity contribution is 6.74. The molecule has 306 valence electrons. The molecule has 3 saturated carbocycles. The van der Waals surface area contributed by atoms with E-state index in [0.29, 0.717) is 24.7 Å². The molecule has 0 bridgehead atoms. The van der Waals surface area contributed by atoms with Crippen LogP contribution in [0.2, 0.25) is 54.4 Å². The monoisotopic (exact) mass is 789 g/mol. The molecule has 8 heteroatoms. The number of rotatable bonds is 15. The second-order valence-electron chi connectivity index (χ2n) is 21.2. The van der Waals surface area contributed by atoms with Crippen molar-refractivity contribution in [3.8, 4) is 0 Å². The minimum atomic E-state index is -2.02. The highest BCUT2D eigenvalue weighted by atomic mass is 28.4. The van der Waals surface area contributed by atoms with Crippen LogP contribution in [0.5, 0.6) is 0 Å². The Kier molecular flexibility index (Phi) is 15.3. The summed E-state index contributed by atoms with van der Waals surface area (Å²) in [5.41, 5.74) is 3.96. The molecular weight excluding hydrogens is 705 g/mol. The standard InChI is InChI=1S/C45H84O5Si3/c1-19-53(20-2,21-3)50-44(12,13)30-28-41(46)47-34(5)37-26-27-38-36(23-22-29-45(37,38)14)25-24-35-31-39(48-51(15,16)42(6,7)8)33(4)40(32-35)49-52(17,18)43(9,10)11/h24-25,34,37-40H,4,19-23,26-32H2,1-3,5-18H3/t34-,37+,38-,39+,40+,45+/m0/s1. The lowest BCUT2D eigenvalue weighted by Gasteiger charge is -2.46. The third-order valence-electron chi connectivity index (χ3n) is 15.0. The lowest BCUT2D eigenvalue weighted by Crippen LogP contribution is -2.49. The van der Waals surface area contributed by atoms with Gasteiger partial charge in [0.15, 0.2) is 25.0 Å². The fourth-order valence-corrected chi connectivity index (χ4v) is 14.9. The first-order valence-corrected chi connectivity index (χ1v) is 29.8. The smallest absolute Gasteiger partial charge is 0.306 e. The van der Waals surface area contributed by atoms with E-state index in [9.17, 15) is 4.79 Å². The summed E-state index contributed by atoms with van der Waals surface area (Å²) in [5, 5.41) is 0.252. The van der Waals surface area contributed by atoms with Crippen LogP contribution in [0.4, 0.5) is 0 Å². The zero-order valence-electron chi connectivity index (χ0n) is 37.8. The molecule has 0 saturated heterocycles. The summed E-state index contributed by atoms with van der Waals surface area (Å²) in [6.45, 7) is 43.7. The molecule has 3 aliphatic carbocycles. The van der Waals surface area contributed by atoms with Gasteiger partial charge in [0.05, 0.1) is 17.8 Å². The van der Waals surface area contributed by atoms with Crippen LogP contribution in [0.3, 0.4) is 0 Å². The van der Waals surface area contributed by atoms with Crippen LogP contribution in [0.1, 0.15) is 148 Å². The van der Waals surface area contributed by atoms with Gasteiger partial charge >= 0.3 is 5.97 Å². The summed E-state index contributed by atoms with van der Waals surface area (Å²) >= 11 is 0. The van der Waals surface area contributed by atoms with E-state index in [0.717, 1.165) is 49.4 Å². The molecule has 0 radical (unpaired) electrons. The third kappa shape index (κ3) is 11.2. The number of carbonyl (C=O) groups is 1. The minimum absolute atomic E-state index is 0.0150. The first kappa shape index (κ1) is 46.6. The van der Waals surface area contributed by atoms with Crippen molar-refractivity contribution in [1.82, 2.24) is 0 Å². The Bertz CT molecular complexity index is 1280. The van der Waals surface area contributed by atoms with Crippen LogP contribution < -0.4 is 0 Å². The van der Waals surface area contributed by atoms with Gasteiger partial charge in [-0.3, -0.25) is 4.79 Å². The van der Waals surface area contributed by atoms with Gasteiger partial charge in [-0.05, 0) is 143 Å². The van der Waals surface area contributed by atoms with Gasteiger partial charge in [0.1, 0.15) is 6.10 Å². The van der Waals surface area contributed by atoms with Crippen molar-refractivity contribution < 1.29 is 22.8 Å². The summed E-state index contributed by atoms with van der Waals surface area (Å²) in [5.74, 6) is 0.830. The maximum atomic E-state index is 13.3. The van der Waals surface area contributed by atoms with Crippen LogP contribution in [-0.2, 0) is 22.8 Å². The zero-order chi connectivity index (χ0) is 40.4. The van der Waals surface area contributed by atoms with Crippen molar-refractivity contribution in [3.05, 3.63) is 35.5 Å². The maximum Gasteiger partial charge on any atom is 0.306 e. The van der Waals surface area contributed by atoms with E-state index in [1.54, 1.807) is 5.57 Å². The molecule has 0 N–H and O–H groups in total. The molecule has 0 spiro atoms. The number of carbonyl (C=O) groups excluding carboxylic acids is 1. The second-order valence-corrected chi connectivity index (χ2v) is 35.4. The van der Waals surface area contributed by atoms with Crippen molar-refractivity contribution in [1.29, 1.82) is 0 Å². The highest BCUT2D eigenvalue weighted by Crippen LogP contribution is 2.59. The Labute approximate surface area is 331 Å². The normalized spacial score (nSPS) is 27.9. The predicted octanol–water partition coefficient (Wildman–Crippen LogP) is 13.7. The Morgan fingerprint density at radius 1 is 0.868 bits per heavy atom. The van der Waals surface area contributed by atoms with E-state index >= 15 is 0 Å². The summed E-state index contributed by atoms with van der Waals surface area (Å²) in [7, 11) is -5.79. The van der Waals surface area contributed by atoms with Gasteiger partial charge in [0.2, 0.25) is 0 Å². The molecule has 0 aromatic rings. The fourth-order valence-electron chi connectivity index (χ4n) is 9.10. The predicted molar refractivity (Wildman–Crippen MR) is 234 cm³/mol. The minimum Gasteiger partial charge on any atom is -0.462 e. The number of hydrogen-bond donors (Lipinski definition) is 0. The number of fused-ring (bicyclic) bond motifs is 1. The fraction of sp³-hybridized carbons (Fsp3) is 0.844. The molecule has 0 aliphatic heterocycles. The van der Waals surface area contributed by atoms with E-state index < -0.39 is 25.0 Å². The van der Waals surface area contributed by atoms with E-state index in [4.69, 9.17) is 18.0 Å². The van der Waals surface area contributed by atoms with Crippen molar-refractivity contribution in [2.75, 3.05) is 0 Å². The highest BCUT2D eigenvalue weighted by Gasteiger charge is 2.52. The first-order chi connectivity index (χ1) is 24.2. The molecule has 6 atom stereocenters. The van der Waals surface area contributed by atoms with E-state index in [-0.39, 0.29) is 45.4 Å². The van der Waals surface area contributed by atoms with Gasteiger partial charge in [-0.2, -0.15) is 0 Å². The van der Waals surface area contributed by atoms with Crippen LogP contribution in [0, 0.1) is 17.3 Å². The maximum absolute atomic E-state index is 13.3. The topological polar surface area (TPSA) is 54.0 Å². The Morgan fingerprint density at radius 2 is 1.38 bits per heavy atom. The molecule has 5 nitrogen and oxygen atoms in total. The van der Waals surface area contributed by atoms with E-state index in [1.165, 1.54) is 24.8 Å². The molecule has 0 amide bonds. The zero-order valence-corrected chi connectivity index (χ0v) is 40.8. The molecular formula is C45H84O5Si3. The van der Waals surface area contributed by atoms with Crippen molar-refractivity contribution >= 4 is 30.9 Å². The number of hydrogen-bond acceptors (Lipinski definition) is 5. The Morgan fingerprint density at radius 3 is 1.85 bits per heavy atom. The molecule has 0 unspecified atom stereocenters. The van der Waals surface area contributed by atoms with Gasteiger partial charge in [0.25, 0.3) is 0 Å². The third-order valence-corrected chi connectivity index (χ3v) is 28.8.